The van der Waals surface area contributed by atoms with Crippen LogP contribution in [-0.4, -0.2) is 22.9 Å². The van der Waals surface area contributed by atoms with Crippen LogP contribution in [0.4, 0.5) is 17.2 Å². The minimum absolute atomic E-state index is 0.294. The summed E-state index contributed by atoms with van der Waals surface area (Å²) >= 11 is 5.95. The molecule has 0 saturated heterocycles. The molecule has 0 fully saturated rings. The predicted molar refractivity (Wildman–Crippen MR) is 101 cm³/mol. The molecule has 0 saturated carbocycles. The number of nitrogens with one attached hydrogen (secondary N) is 1. The summed E-state index contributed by atoms with van der Waals surface area (Å²) in [7, 11) is 1.89. The molecule has 0 unspecified atom stereocenters. The van der Waals surface area contributed by atoms with Crippen molar-refractivity contribution in [1.29, 1.82) is 0 Å². The Morgan fingerprint density at radius 1 is 1.08 bits per heavy atom. The van der Waals surface area contributed by atoms with Crippen molar-refractivity contribution in [3.05, 3.63) is 77.2 Å². The summed E-state index contributed by atoms with van der Waals surface area (Å²) in [6.07, 6.45) is 1.39. The molecule has 1 N–H and O–H groups in total. The lowest BCUT2D eigenvalue weighted by atomic mass is 10.2. The van der Waals surface area contributed by atoms with E-state index in [1.54, 1.807) is 24.3 Å². The minimum Gasteiger partial charge on any atom is -0.329 e. The summed E-state index contributed by atoms with van der Waals surface area (Å²) in [5, 5.41) is 3.48. The van der Waals surface area contributed by atoms with E-state index in [0.29, 0.717) is 22.2 Å². The SMILES string of the molecule is Cc1cc(Cl)ccc1NC(=O)c1cc(N(C)c2ccccc2)ncn1. The molecule has 6 heteroatoms. The van der Waals surface area contributed by atoms with E-state index in [1.165, 1.54) is 6.33 Å². The summed E-state index contributed by atoms with van der Waals surface area (Å²) in [4.78, 5) is 22.7. The number of para-hydroxylation sites is 1. The third-order valence-corrected chi connectivity index (χ3v) is 4.04. The molecule has 5 nitrogen and oxygen atoms in total. The van der Waals surface area contributed by atoms with Crippen LogP contribution < -0.4 is 10.2 Å². The Morgan fingerprint density at radius 3 is 2.56 bits per heavy atom. The molecule has 0 bridgehead atoms. The van der Waals surface area contributed by atoms with Crippen molar-refractivity contribution in [1.82, 2.24) is 9.97 Å². The monoisotopic (exact) mass is 352 g/mol. The van der Waals surface area contributed by atoms with Crippen LogP contribution in [0.15, 0.2) is 60.9 Å². The van der Waals surface area contributed by atoms with Crippen LogP contribution in [0.5, 0.6) is 0 Å². The van der Waals surface area contributed by atoms with Crippen LogP contribution in [-0.2, 0) is 0 Å². The first-order valence-corrected chi connectivity index (χ1v) is 8.11. The van der Waals surface area contributed by atoms with Gasteiger partial charge in [0, 0.05) is 29.5 Å². The molecule has 0 aliphatic rings. The largest absolute Gasteiger partial charge is 0.329 e. The Hall–Kier alpha value is -2.92. The number of aromatic nitrogens is 2. The highest BCUT2D eigenvalue weighted by atomic mass is 35.5. The number of rotatable bonds is 4. The van der Waals surface area contributed by atoms with E-state index in [2.05, 4.69) is 15.3 Å². The number of carbonyl (C=O) groups excluding carboxylic acids is 1. The van der Waals surface area contributed by atoms with Gasteiger partial charge in [0.15, 0.2) is 0 Å². The Balaban J connectivity index is 1.82. The summed E-state index contributed by atoms with van der Waals surface area (Å²) in [5.74, 6) is 0.342. The lowest BCUT2D eigenvalue weighted by molar-refractivity contribution is 0.102. The molecule has 126 valence electrons. The molecule has 25 heavy (non-hydrogen) atoms. The molecule has 0 aliphatic heterocycles. The van der Waals surface area contributed by atoms with E-state index in [1.807, 2.05) is 49.2 Å². The average molecular weight is 353 g/mol. The zero-order valence-electron chi connectivity index (χ0n) is 13.9. The van der Waals surface area contributed by atoms with Gasteiger partial charge in [-0.2, -0.15) is 0 Å². The number of aryl methyl sites for hydroxylation is 1. The van der Waals surface area contributed by atoms with Gasteiger partial charge in [-0.1, -0.05) is 29.8 Å². The molecule has 1 aromatic heterocycles. The second-order valence-corrected chi connectivity index (χ2v) is 6.01. The van der Waals surface area contributed by atoms with E-state index < -0.39 is 0 Å². The molecule has 3 aromatic rings. The van der Waals surface area contributed by atoms with Crippen molar-refractivity contribution >= 4 is 34.7 Å². The number of halogens is 1. The Bertz CT molecular complexity index is 899. The fraction of sp³-hybridized carbons (Fsp3) is 0.105. The van der Waals surface area contributed by atoms with Crippen LogP contribution in [0.3, 0.4) is 0 Å². The summed E-state index contributed by atoms with van der Waals surface area (Å²) in [6, 6.07) is 16.8. The molecule has 0 atom stereocenters. The quantitative estimate of drug-likeness (QED) is 0.753. The number of hydrogen-bond acceptors (Lipinski definition) is 4. The highest BCUT2D eigenvalue weighted by molar-refractivity contribution is 6.30. The first-order chi connectivity index (χ1) is 12.0. The van der Waals surface area contributed by atoms with Gasteiger partial charge in [0.05, 0.1) is 0 Å². The summed E-state index contributed by atoms with van der Waals surface area (Å²) in [6.45, 7) is 1.89. The highest BCUT2D eigenvalue weighted by Crippen LogP contribution is 2.22. The van der Waals surface area contributed by atoms with Gasteiger partial charge in [0.25, 0.3) is 5.91 Å². The number of carbonyl (C=O) groups is 1. The average Bonchev–Trinajstić information content (AvgIpc) is 2.64. The molecule has 0 aliphatic carbocycles. The molecular formula is C19H17ClN4O. The molecule has 3 rings (SSSR count). The first kappa shape index (κ1) is 16.9. The number of anilines is 3. The van der Waals surface area contributed by atoms with Gasteiger partial charge < -0.3 is 10.2 Å². The third kappa shape index (κ3) is 3.95. The van der Waals surface area contributed by atoms with Gasteiger partial charge >= 0.3 is 0 Å². The second kappa shape index (κ2) is 7.32. The van der Waals surface area contributed by atoms with Gasteiger partial charge in [-0.3, -0.25) is 4.79 Å². The van der Waals surface area contributed by atoms with Crippen molar-refractivity contribution < 1.29 is 4.79 Å². The van der Waals surface area contributed by atoms with E-state index in [0.717, 1.165) is 11.3 Å². The number of amides is 1. The van der Waals surface area contributed by atoms with Crippen LogP contribution in [0, 0.1) is 6.92 Å². The number of benzene rings is 2. The predicted octanol–water partition coefficient (Wildman–Crippen LogP) is 4.46. The zero-order valence-corrected chi connectivity index (χ0v) is 14.7. The maximum atomic E-state index is 12.5. The second-order valence-electron chi connectivity index (χ2n) is 5.57. The third-order valence-electron chi connectivity index (χ3n) is 3.81. The van der Waals surface area contributed by atoms with Crippen molar-refractivity contribution in [3.8, 4) is 0 Å². The normalized spacial score (nSPS) is 10.4. The fourth-order valence-corrected chi connectivity index (χ4v) is 2.62. The Labute approximate surface area is 151 Å². The van der Waals surface area contributed by atoms with Crippen molar-refractivity contribution in [2.24, 2.45) is 0 Å². The van der Waals surface area contributed by atoms with Crippen LogP contribution in [0.1, 0.15) is 16.1 Å². The lowest BCUT2D eigenvalue weighted by Crippen LogP contribution is -2.17. The first-order valence-electron chi connectivity index (χ1n) is 7.73. The van der Waals surface area contributed by atoms with Crippen molar-refractivity contribution in [2.75, 3.05) is 17.3 Å². The maximum Gasteiger partial charge on any atom is 0.274 e. The van der Waals surface area contributed by atoms with Crippen molar-refractivity contribution in [3.63, 3.8) is 0 Å². The molecular weight excluding hydrogens is 336 g/mol. The van der Waals surface area contributed by atoms with E-state index in [-0.39, 0.29) is 5.91 Å². The van der Waals surface area contributed by atoms with Crippen LogP contribution in [0.25, 0.3) is 0 Å². The van der Waals surface area contributed by atoms with Gasteiger partial charge in [-0.15, -0.1) is 0 Å². The summed E-state index contributed by atoms with van der Waals surface area (Å²) in [5.41, 5.74) is 2.85. The Morgan fingerprint density at radius 2 is 1.84 bits per heavy atom. The van der Waals surface area contributed by atoms with E-state index >= 15 is 0 Å². The molecule has 1 amide bonds. The minimum atomic E-state index is -0.296. The molecule has 0 spiro atoms. The smallest absolute Gasteiger partial charge is 0.274 e. The number of hydrogen-bond donors (Lipinski definition) is 1. The Kier molecular flexibility index (Phi) is 4.95. The fourth-order valence-electron chi connectivity index (χ4n) is 2.39. The van der Waals surface area contributed by atoms with Gasteiger partial charge in [-0.05, 0) is 42.8 Å². The van der Waals surface area contributed by atoms with Crippen LogP contribution in [0.2, 0.25) is 5.02 Å². The zero-order chi connectivity index (χ0) is 17.8. The van der Waals surface area contributed by atoms with Crippen molar-refractivity contribution in [2.45, 2.75) is 6.92 Å². The van der Waals surface area contributed by atoms with E-state index in [9.17, 15) is 4.79 Å². The van der Waals surface area contributed by atoms with E-state index in [4.69, 9.17) is 11.6 Å². The standard InChI is InChI=1S/C19H17ClN4O/c1-13-10-14(20)8-9-16(13)23-19(25)17-11-18(22-12-21-17)24(2)15-6-4-3-5-7-15/h3-12H,1-2H3,(H,23,25). The molecule has 1 heterocycles. The summed E-state index contributed by atoms with van der Waals surface area (Å²) < 4.78 is 0. The lowest BCUT2D eigenvalue weighted by Gasteiger charge is -2.18. The molecule has 2 aromatic carbocycles. The van der Waals surface area contributed by atoms with Crippen LogP contribution >= 0.6 is 11.6 Å². The van der Waals surface area contributed by atoms with Gasteiger partial charge in [0.1, 0.15) is 17.8 Å². The topological polar surface area (TPSA) is 58.1 Å². The highest BCUT2D eigenvalue weighted by Gasteiger charge is 2.13. The van der Waals surface area contributed by atoms with Gasteiger partial charge in [0.2, 0.25) is 0 Å². The molecule has 0 radical (unpaired) electrons. The maximum absolute atomic E-state index is 12.5. The van der Waals surface area contributed by atoms with Gasteiger partial charge in [-0.25, -0.2) is 9.97 Å². The number of nitrogens with zero attached hydrogens (tertiary/aromatic N) is 3.